The highest BCUT2D eigenvalue weighted by Gasteiger charge is 2.11. The van der Waals surface area contributed by atoms with Crippen LogP contribution in [0.25, 0.3) is 10.9 Å². The fraction of sp³-hybridized carbons (Fsp3) is 0.0909. The lowest BCUT2D eigenvalue weighted by molar-refractivity contribution is -0.116. The molecule has 0 saturated heterocycles. The summed E-state index contributed by atoms with van der Waals surface area (Å²) in [6, 6.07) is 17.9. The summed E-state index contributed by atoms with van der Waals surface area (Å²) in [4.78, 5) is 33.6. The molecule has 4 rings (SSSR count). The molecule has 1 amide bonds. The molecule has 0 radical (unpaired) electrons. The lowest BCUT2D eigenvalue weighted by Crippen LogP contribution is -2.23. The molecule has 150 valence electrons. The lowest BCUT2D eigenvalue weighted by Gasteiger charge is -2.11. The molecule has 7 nitrogen and oxygen atoms in total. The van der Waals surface area contributed by atoms with Gasteiger partial charge >= 0.3 is 0 Å². The Bertz CT molecular complexity index is 1260. The number of hydrogen-bond donors (Lipinski definition) is 1. The van der Waals surface area contributed by atoms with Crippen molar-refractivity contribution in [1.29, 1.82) is 0 Å². The van der Waals surface area contributed by atoms with E-state index in [0.717, 1.165) is 4.47 Å². The van der Waals surface area contributed by atoms with Gasteiger partial charge in [0, 0.05) is 23.6 Å². The highest BCUT2D eigenvalue weighted by atomic mass is 79.9. The van der Waals surface area contributed by atoms with E-state index in [1.165, 1.54) is 10.9 Å². The zero-order chi connectivity index (χ0) is 20.9. The van der Waals surface area contributed by atoms with Crippen LogP contribution in [0.3, 0.4) is 0 Å². The summed E-state index contributed by atoms with van der Waals surface area (Å²) in [5, 5.41) is 3.30. The van der Waals surface area contributed by atoms with E-state index in [-0.39, 0.29) is 24.4 Å². The molecule has 1 N–H and O–H groups in total. The first kappa shape index (κ1) is 19.8. The number of fused-ring (bicyclic) bond motifs is 1. The molecule has 0 bridgehead atoms. The fourth-order valence-electron chi connectivity index (χ4n) is 2.89. The van der Waals surface area contributed by atoms with Crippen molar-refractivity contribution < 1.29 is 9.53 Å². The van der Waals surface area contributed by atoms with Crippen LogP contribution in [0.2, 0.25) is 0 Å². The van der Waals surface area contributed by atoms with Crippen molar-refractivity contribution in [1.82, 2.24) is 14.5 Å². The molecule has 0 aliphatic heterocycles. The maximum Gasteiger partial charge on any atom is 0.261 e. The number of carbonyl (C=O) groups excluding carboxylic acids is 1. The average molecular weight is 465 g/mol. The van der Waals surface area contributed by atoms with Gasteiger partial charge in [0.2, 0.25) is 11.8 Å². The number of ether oxygens (including phenoxy) is 1. The summed E-state index contributed by atoms with van der Waals surface area (Å²) < 4.78 is 7.98. The number of hydrogen-bond acceptors (Lipinski definition) is 5. The van der Waals surface area contributed by atoms with E-state index in [9.17, 15) is 9.59 Å². The zero-order valence-electron chi connectivity index (χ0n) is 15.8. The zero-order valence-corrected chi connectivity index (χ0v) is 17.4. The summed E-state index contributed by atoms with van der Waals surface area (Å²) in [6.45, 7) is 0.204. The van der Waals surface area contributed by atoms with E-state index in [2.05, 4.69) is 31.2 Å². The Morgan fingerprint density at radius 3 is 2.73 bits per heavy atom. The molecule has 2 aromatic heterocycles. The van der Waals surface area contributed by atoms with E-state index in [4.69, 9.17) is 4.74 Å². The second kappa shape index (κ2) is 8.87. The molecule has 2 heterocycles. The molecule has 0 unspecified atom stereocenters. The molecule has 0 saturated carbocycles. The Balaban J connectivity index is 1.45. The molecule has 2 aromatic carbocycles. The molecule has 0 aliphatic rings. The molecular weight excluding hydrogens is 448 g/mol. The van der Waals surface area contributed by atoms with Crippen LogP contribution in [-0.4, -0.2) is 20.4 Å². The van der Waals surface area contributed by atoms with Crippen LogP contribution in [0.4, 0.5) is 5.69 Å². The number of nitrogens with zero attached hydrogens (tertiary/aromatic N) is 3. The minimum absolute atomic E-state index is 0.0980. The number of aryl methyl sites for hydroxylation is 1. The third-order valence-corrected chi connectivity index (χ3v) is 4.86. The van der Waals surface area contributed by atoms with E-state index < -0.39 is 0 Å². The summed E-state index contributed by atoms with van der Waals surface area (Å²) in [7, 11) is 0. The molecule has 30 heavy (non-hydrogen) atoms. The smallest absolute Gasteiger partial charge is 0.261 e. The monoisotopic (exact) mass is 464 g/mol. The molecule has 0 spiro atoms. The first-order chi connectivity index (χ1) is 14.6. The average Bonchev–Trinajstić information content (AvgIpc) is 2.76. The number of benzene rings is 2. The first-order valence-electron chi connectivity index (χ1n) is 9.22. The van der Waals surface area contributed by atoms with Crippen molar-refractivity contribution in [2.75, 3.05) is 5.32 Å². The number of aromatic nitrogens is 3. The molecule has 0 aliphatic carbocycles. The van der Waals surface area contributed by atoms with Crippen LogP contribution in [0, 0.1) is 0 Å². The highest BCUT2D eigenvalue weighted by molar-refractivity contribution is 9.10. The molecule has 0 atom stereocenters. The quantitative estimate of drug-likeness (QED) is 0.457. The van der Waals surface area contributed by atoms with Gasteiger partial charge in [-0.25, -0.2) is 9.97 Å². The van der Waals surface area contributed by atoms with Crippen LogP contribution >= 0.6 is 15.9 Å². The van der Waals surface area contributed by atoms with Gasteiger partial charge in [0.05, 0.1) is 17.2 Å². The standard InChI is InChI=1S/C22H17BrN4O3/c23-15-8-9-18-17(13-15)22(29)27(14-25-18)12-10-20(28)26-19-7-4-11-24-21(19)30-16-5-2-1-3-6-16/h1-9,11,13-14H,10,12H2,(H,26,28). The van der Waals surface area contributed by atoms with Gasteiger partial charge in [0.25, 0.3) is 5.56 Å². The number of amides is 1. The second-order valence-electron chi connectivity index (χ2n) is 6.47. The van der Waals surface area contributed by atoms with Gasteiger partial charge in [-0.15, -0.1) is 0 Å². The first-order valence-corrected chi connectivity index (χ1v) is 10.0. The summed E-state index contributed by atoms with van der Waals surface area (Å²) in [5.74, 6) is 0.653. The third kappa shape index (κ3) is 4.55. The predicted molar refractivity (Wildman–Crippen MR) is 118 cm³/mol. The van der Waals surface area contributed by atoms with Crippen molar-refractivity contribution in [2.24, 2.45) is 0 Å². The number of rotatable bonds is 6. The normalized spacial score (nSPS) is 10.7. The van der Waals surface area contributed by atoms with Crippen LogP contribution < -0.4 is 15.6 Å². The van der Waals surface area contributed by atoms with Crippen molar-refractivity contribution in [2.45, 2.75) is 13.0 Å². The van der Waals surface area contributed by atoms with E-state index in [0.29, 0.717) is 28.2 Å². The summed E-state index contributed by atoms with van der Waals surface area (Å²) in [5.41, 5.74) is 0.879. The van der Waals surface area contributed by atoms with Gasteiger partial charge in [-0.1, -0.05) is 34.1 Å². The Labute approximate surface area is 180 Å². The largest absolute Gasteiger partial charge is 0.437 e. The summed E-state index contributed by atoms with van der Waals surface area (Å²) in [6.07, 6.45) is 3.15. The third-order valence-electron chi connectivity index (χ3n) is 4.37. The molecule has 8 heteroatoms. The molecular formula is C22H17BrN4O3. The van der Waals surface area contributed by atoms with E-state index >= 15 is 0 Å². The van der Waals surface area contributed by atoms with Crippen molar-refractivity contribution in [3.8, 4) is 11.6 Å². The van der Waals surface area contributed by atoms with Crippen LogP contribution in [-0.2, 0) is 11.3 Å². The van der Waals surface area contributed by atoms with Crippen LogP contribution in [0.15, 0.2) is 82.5 Å². The van der Waals surface area contributed by atoms with Gasteiger partial charge in [-0.05, 0) is 42.5 Å². The van der Waals surface area contributed by atoms with Gasteiger partial charge in [0.1, 0.15) is 11.4 Å². The van der Waals surface area contributed by atoms with Gasteiger partial charge in [-0.2, -0.15) is 0 Å². The van der Waals surface area contributed by atoms with Crippen molar-refractivity contribution in [3.05, 3.63) is 88.0 Å². The fourth-order valence-corrected chi connectivity index (χ4v) is 3.25. The number of halogens is 1. The minimum atomic E-state index is -0.262. The maximum absolute atomic E-state index is 12.6. The Kier molecular flexibility index (Phi) is 5.85. The number of carbonyl (C=O) groups is 1. The van der Waals surface area contributed by atoms with Gasteiger partial charge in [-0.3, -0.25) is 14.2 Å². The predicted octanol–water partition coefficient (Wildman–Crippen LogP) is 4.38. The SMILES string of the molecule is O=C(CCn1cnc2ccc(Br)cc2c1=O)Nc1cccnc1Oc1ccccc1. The van der Waals surface area contributed by atoms with Crippen molar-refractivity contribution in [3.63, 3.8) is 0 Å². The number of nitrogens with one attached hydrogen (secondary N) is 1. The van der Waals surface area contributed by atoms with Gasteiger partial charge in [0.15, 0.2) is 0 Å². The Morgan fingerprint density at radius 1 is 1.07 bits per heavy atom. The Hall–Kier alpha value is -3.52. The van der Waals surface area contributed by atoms with E-state index in [1.54, 1.807) is 42.6 Å². The van der Waals surface area contributed by atoms with Crippen LogP contribution in [0.5, 0.6) is 11.6 Å². The van der Waals surface area contributed by atoms with Crippen molar-refractivity contribution >= 4 is 38.4 Å². The Morgan fingerprint density at radius 2 is 1.90 bits per heavy atom. The van der Waals surface area contributed by atoms with Crippen LogP contribution in [0.1, 0.15) is 6.42 Å². The highest BCUT2D eigenvalue weighted by Crippen LogP contribution is 2.26. The molecule has 0 fully saturated rings. The summed E-state index contributed by atoms with van der Waals surface area (Å²) >= 11 is 3.36. The number of anilines is 1. The minimum Gasteiger partial charge on any atom is -0.437 e. The van der Waals surface area contributed by atoms with Gasteiger partial charge < -0.3 is 10.1 Å². The maximum atomic E-state index is 12.6. The lowest BCUT2D eigenvalue weighted by atomic mass is 10.2. The number of pyridine rings is 1. The molecule has 4 aromatic rings. The second-order valence-corrected chi connectivity index (χ2v) is 7.39. The van der Waals surface area contributed by atoms with E-state index in [1.807, 2.05) is 24.3 Å². The topological polar surface area (TPSA) is 86.1 Å². The number of para-hydroxylation sites is 1.